The minimum atomic E-state index is -1.07. The molecule has 0 bridgehead atoms. The highest BCUT2D eigenvalue weighted by Gasteiger charge is 2.25. The van der Waals surface area contributed by atoms with Crippen LogP contribution in [0.5, 0.6) is 0 Å². The van der Waals surface area contributed by atoms with Gasteiger partial charge in [-0.05, 0) is 30.9 Å². The summed E-state index contributed by atoms with van der Waals surface area (Å²) in [4.78, 5) is 21.0. The lowest BCUT2D eigenvalue weighted by Gasteiger charge is -1.99. The standard InChI is InChI=1S/C11H13N3O4/c1-3-18-11(15)10(14(16)17)13-12-9-6-4-8(2)5-7-9/h4-7,12H,3H2,1-2H3/b13-10-. The van der Waals surface area contributed by atoms with E-state index in [1.165, 1.54) is 0 Å². The molecule has 0 aromatic heterocycles. The van der Waals surface area contributed by atoms with Crippen LogP contribution in [0.1, 0.15) is 12.5 Å². The summed E-state index contributed by atoms with van der Waals surface area (Å²) >= 11 is 0. The summed E-state index contributed by atoms with van der Waals surface area (Å²) in [6.07, 6.45) is 0. The number of carbonyl (C=O) groups excluding carboxylic acids is 1. The molecule has 0 fully saturated rings. The highest BCUT2D eigenvalue weighted by atomic mass is 16.6. The number of ether oxygens (including phenoxy) is 1. The van der Waals surface area contributed by atoms with Crippen molar-refractivity contribution < 1.29 is 14.5 Å². The molecule has 1 aromatic rings. The normalized spacial score (nSPS) is 10.9. The van der Waals surface area contributed by atoms with E-state index >= 15 is 0 Å². The third-order valence-electron chi connectivity index (χ3n) is 1.97. The van der Waals surface area contributed by atoms with Gasteiger partial charge in [0.05, 0.1) is 17.4 Å². The lowest BCUT2D eigenvalue weighted by Crippen LogP contribution is -2.26. The fourth-order valence-corrected chi connectivity index (χ4v) is 1.10. The van der Waals surface area contributed by atoms with Crippen LogP contribution in [0.15, 0.2) is 29.4 Å². The van der Waals surface area contributed by atoms with E-state index in [9.17, 15) is 14.9 Å². The number of amidine groups is 1. The lowest BCUT2D eigenvalue weighted by atomic mass is 10.2. The van der Waals surface area contributed by atoms with Crippen LogP contribution in [-0.2, 0) is 9.53 Å². The van der Waals surface area contributed by atoms with E-state index in [1.807, 2.05) is 19.1 Å². The second kappa shape index (κ2) is 6.33. The predicted octanol–water partition coefficient (Wildman–Crippen LogP) is 1.56. The third-order valence-corrected chi connectivity index (χ3v) is 1.97. The highest BCUT2D eigenvalue weighted by Crippen LogP contribution is 2.08. The minimum absolute atomic E-state index is 0.0518. The molecule has 7 nitrogen and oxygen atoms in total. The number of nitro groups is 1. The van der Waals surface area contributed by atoms with Crippen molar-refractivity contribution in [1.29, 1.82) is 0 Å². The van der Waals surface area contributed by atoms with Gasteiger partial charge in [-0.2, -0.15) is 5.43 Å². The number of anilines is 1. The van der Waals surface area contributed by atoms with Crippen LogP contribution < -0.4 is 5.43 Å². The fraction of sp³-hybridized carbons (Fsp3) is 0.273. The van der Waals surface area contributed by atoms with Crippen LogP contribution in [0, 0.1) is 17.0 Å². The van der Waals surface area contributed by atoms with E-state index in [4.69, 9.17) is 0 Å². The number of aryl methyl sites for hydroxylation is 1. The van der Waals surface area contributed by atoms with Crippen LogP contribution in [0.4, 0.5) is 5.69 Å². The largest absolute Gasteiger partial charge is 0.473 e. The van der Waals surface area contributed by atoms with Crippen LogP contribution in [0.2, 0.25) is 0 Å². The molecule has 0 aliphatic rings. The number of carbonyl (C=O) groups is 1. The van der Waals surface area contributed by atoms with Gasteiger partial charge in [-0.1, -0.05) is 17.7 Å². The Morgan fingerprint density at radius 2 is 2.06 bits per heavy atom. The molecule has 18 heavy (non-hydrogen) atoms. The molecule has 0 unspecified atom stereocenters. The van der Waals surface area contributed by atoms with Gasteiger partial charge in [-0.15, -0.1) is 0 Å². The Morgan fingerprint density at radius 3 is 2.56 bits per heavy atom. The Balaban J connectivity index is 2.80. The first-order valence-corrected chi connectivity index (χ1v) is 5.26. The van der Waals surface area contributed by atoms with Gasteiger partial charge < -0.3 is 14.9 Å². The van der Waals surface area contributed by atoms with E-state index in [2.05, 4.69) is 15.3 Å². The summed E-state index contributed by atoms with van der Waals surface area (Å²) in [5, 5.41) is 14.1. The Kier molecular flexibility index (Phi) is 4.79. The van der Waals surface area contributed by atoms with Gasteiger partial charge >= 0.3 is 11.8 Å². The molecule has 96 valence electrons. The van der Waals surface area contributed by atoms with E-state index < -0.39 is 16.7 Å². The quantitative estimate of drug-likeness (QED) is 0.289. The molecule has 0 aliphatic carbocycles. The first kappa shape index (κ1) is 13.6. The summed E-state index contributed by atoms with van der Waals surface area (Å²) < 4.78 is 4.52. The maximum absolute atomic E-state index is 11.2. The van der Waals surface area contributed by atoms with Crippen LogP contribution in [0.25, 0.3) is 0 Å². The number of hydrogen-bond acceptors (Lipinski definition) is 6. The topological polar surface area (TPSA) is 93.8 Å². The molecule has 1 rings (SSSR count). The molecule has 0 radical (unpaired) electrons. The van der Waals surface area contributed by atoms with E-state index in [1.54, 1.807) is 19.1 Å². The van der Waals surface area contributed by atoms with Crippen molar-refractivity contribution >= 4 is 17.5 Å². The van der Waals surface area contributed by atoms with Crippen LogP contribution in [-0.4, -0.2) is 23.3 Å². The molecular weight excluding hydrogens is 238 g/mol. The Morgan fingerprint density at radius 1 is 1.44 bits per heavy atom. The number of rotatable bonds is 3. The number of nitrogens with one attached hydrogen (secondary N) is 1. The molecule has 0 aliphatic heterocycles. The van der Waals surface area contributed by atoms with E-state index in [0.29, 0.717) is 5.69 Å². The van der Waals surface area contributed by atoms with Crippen molar-refractivity contribution in [2.24, 2.45) is 5.10 Å². The van der Waals surface area contributed by atoms with Crippen LogP contribution in [0.3, 0.4) is 0 Å². The molecule has 1 N–H and O–H groups in total. The summed E-state index contributed by atoms with van der Waals surface area (Å²) in [7, 11) is 0. The summed E-state index contributed by atoms with van der Waals surface area (Å²) in [6, 6.07) is 7.02. The number of hydrogen-bond donors (Lipinski definition) is 1. The lowest BCUT2D eigenvalue weighted by molar-refractivity contribution is -0.350. The average Bonchev–Trinajstić information content (AvgIpc) is 2.31. The first-order chi connectivity index (χ1) is 8.54. The van der Waals surface area contributed by atoms with Gasteiger partial charge in [0, 0.05) is 0 Å². The number of nitrogens with zero attached hydrogens (tertiary/aromatic N) is 2. The predicted molar refractivity (Wildman–Crippen MR) is 65.9 cm³/mol. The smallest absolute Gasteiger partial charge is 0.457 e. The maximum atomic E-state index is 11.2. The van der Waals surface area contributed by atoms with Crippen molar-refractivity contribution in [2.75, 3.05) is 12.0 Å². The van der Waals surface area contributed by atoms with Crippen LogP contribution >= 0.6 is 0 Å². The Labute approximate surface area is 104 Å². The molecule has 0 spiro atoms. The van der Waals surface area contributed by atoms with E-state index in [-0.39, 0.29) is 6.61 Å². The zero-order valence-corrected chi connectivity index (χ0v) is 10.0. The molecule has 0 atom stereocenters. The number of hydrazone groups is 1. The van der Waals surface area contributed by atoms with Crippen molar-refractivity contribution in [3.05, 3.63) is 39.9 Å². The highest BCUT2D eigenvalue weighted by molar-refractivity contribution is 6.31. The zero-order valence-electron chi connectivity index (χ0n) is 10.0. The number of benzene rings is 1. The van der Waals surface area contributed by atoms with Gasteiger partial charge in [0.15, 0.2) is 0 Å². The molecular formula is C11H13N3O4. The maximum Gasteiger partial charge on any atom is 0.473 e. The van der Waals surface area contributed by atoms with Crippen molar-refractivity contribution in [3.8, 4) is 0 Å². The summed E-state index contributed by atoms with van der Waals surface area (Å²) in [6.45, 7) is 3.52. The van der Waals surface area contributed by atoms with Crippen molar-refractivity contribution in [3.63, 3.8) is 0 Å². The second-order valence-electron chi connectivity index (χ2n) is 3.39. The fourth-order valence-electron chi connectivity index (χ4n) is 1.10. The third kappa shape index (κ3) is 3.85. The minimum Gasteiger partial charge on any atom is -0.457 e. The molecule has 0 amide bonds. The SMILES string of the molecule is CCOC(=O)/C(=N/Nc1ccc(C)cc1)[N+](=O)[O-]. The number of esters is 1. The van der Waals surface area contributed by atoms with Gasteiger partial charge in [0.25, 0.3) is 0 Å². The van der Waals surface area contributed by atoms with Crippen molar-refractivity contribution in [2.45, 2.75) is 13.8 Å². The zero-order chi connectivity index (χ0) is 13.5. The molecule has 1 aromatic carbocycles. The monoisotopic (exact) mass is 251 g/mol. The summed E-state index contributed by atoms with van der Waals surface area (Å²) in [5.41, 5.74) is 4.03. The molecule has 0 heterocycles. The summed E-state index contributed by atoms with van der Waals surface area (Å²) in [5.74, 6) is -1.94. The van der Waals surface area contributed by atoms with Gasteiger partial charge in [0.2, 0.25) is 0 Å². The Hall–Kier alpha value is -2.44. The first-order valence-electron chi connectivity index (χ1n) is 5.26. The Bertz CT molecular complexity index is 468. The van der Waals surface area contributed by atoms with E-state index in [0.717, 1.165) is 5.56 Å². The molecule has 7 heteroatoms. The molecule has 0 saturated heterocycles. The van der Waals surface area contributed by atoms with Gasteiger partial charge in [0.1, 0.15) is 0 Å². The van der Waals surface area contributed by atoms with Crippen molar-refractivity contribution in [1.82, 2.24) is 0 Å². The van der Waals surface area contributed by atoms with Gasteiger partial charge in [-0.3, -0.25) is 0 Å². The van der Waals surface area contributed by atoms with Gasteiger partial charge in [-0.25, -0.2) is 4.79 Å². The average molecular weight is 251 g/mol. The second-order valence-corrected chi connectivity index (χ2v) is 3.39. The molecule has 0 saturated carbocycles.